The summed E-state index contributed by atoms with van der Waals surface area (Å²) in [4.78, 5) is 8.73. The number of methoxy groups -OCH3 is 2. The number of ether oxygens (including phenoxy) is 2. The Balaban J connectivity index is 0.00000161. The standard InChI is InChI=1S/C15H15N3O2.ClH/c1-18-13-6-7-16-9-12(13)17-15(18)11-5-4-10(19-2)8-14(11)20-3;/h4-9H,1-3H3;1H. The van der Waals surface area contributed by atoms with Crippen molar-refractivity contribution in [3.8, 4) is 22.9 Å². The van der Waals surface area contributed by atoms with Crippen LogP contribution in [0, 0.1) is 0 Å². The molecule has 0 aliphatic rings. The number of imidazole rings is 1. The van der Waals surface area contributed by atoms with E-state index < -0.39 is 0 Å². The van der Waals surface area contributed by atoms with Crippen LogP contribution in [0.3, 0.4) is 0 Å². The highest BCUT2D eigenvalue weighted by atomic mass is 35.5. The van der Waals surface area contributed by atoms with E-state index in [0.29, 0.717) is 0 Å². The average Bonchev–Trinajstić information content (AvgIpc) is 2.84. The highest BCUT2D eigenvalue weighted by molar-refractivity contribution is 5.85. The Kier molecular flexibility index (Phi) is 4.33. The minimum atomic E-state index is 0. The van der Waals surface area contributed by atoms with E-state index in [2.05, 4.69) is 9.97 Å². The van der Waals surface area contributed by atoms with Gasteiger partial charge in [-0.1, -0.05) is 0 Å². The van der Waals surface area contributed by atoms with E-state index in [9.17, 15) is 0 Å². The normalized spacial score (nSPS) is 10.2. The molecule has 5 nitrogen and oxygen atoms in total. The summed E-state index contributed by atoms with van der Waals surface area (Å²) in [6.07, 6.45) is 3.52. The van der Waals surface area contributed by atoms with Crippen molar-refractivity contribution < 1.29 is 9.47 Å². The molecule has 0 bridgehead atoms. The first-order chi connectivity index (χ1) is 9.74. The quantitative estimate of drug-likeness (QED) is 0.746. The van der Waals surface area contributed by atoms with Crippen molar-refractivity contribution >= 4 is 23.4 Å². The largest absolute Gasteiger partial charge is 0.497 e. The Morgan fingerprint density at radius 1 is 1.10 bits per heavy atom. The maximum absolute atomic E-state index is 5.44. The molecule has 0 N–H and O–H groups in total. The molecule has 0 saturated carbocycles. The second-order valence-electron chi connectivity index (χ2n) is 4.43. The summed E-state index contributed by atoms with van der Waals surface area (Å²) in [6.45, 7) is 0. The Bertz CT molecular complexity index is 771. The molecule has 0 radical (unpaired) electrons. The molecule has 0 aliphatic heterocycles. The number of hydrogen-bond acceptors (Lipinski definition) is 4. The van der Waals surface area contributed by atoms with Crippen molar-refractivity contribution in [2.45, 2.75) is 0 Å². The lowest BCUT2D eigenvalue weighted by Gasteiger charge is -2.10. The van der Waals surface area contributed by atoms with Crippen molar-refractivity contribution in [3.05, 3.63) is 36.7 Å². The molecule has 0 aliphatic carbocycles. The van der Waals surface area contributed by atoms with Gasteiger partial charge in [0.2, 0.25) is 0 Å². The molecule has 21 heavy (non-hydrogen) atoms. The Hall–Kier alpha value is -2.27. The third-order valence-corrected chi connectivity index (χ3v) is 3.33. The van der Waals surface area contributed by atoms with Gasteiger partial charge in [-0.05, 0) is 18.2 Å². The number of aromatic nitrogens is 3. The molecular formula is C15H16ClN3O2. The van der Waals surface area contributed by atoms with Crippen LogP contribution in [0.5, 0.6) is 11.5 Å². The number of nitrogens with zero attached hydrogens (tertiary/aromatic N) is 3. The van der Waals surface area contributed by atoms with Gasteiger partial charge in [-0.25, -0.2) is 4.98 Å². The van der Waals surface area contributed by atoms with Crippen LogP contribution in [0.1, 0.15) is 0 Å². The van der Waals surface area contributed by atoms with Crippen LogP contribution in [-0.4, -0.2) is 28.8 Å². The van der Waals surface area contributed by atoms with Crippen molar-refractivity contribution in [2.75, 3.05) is 14.2 Å². The fraction of sp³-hybridized carbons (Fsp3) is 0.200. The minimum absolute atomic E-state index is 0. The van der Waals surface area contributed by atoms with Gasteiger partial charge in [0, 0.05) is 19.3 Å². The summed E-state index contributed by atoms with van der Waals surface area (Å²) < 4.78 is 12.7. The maximum Gasteiger partial charge on any atom is 0.144 e. The molecule has 0 atom stereocenters. The lowest BCUT2D eigenvalue weighted by atomic mass is 10.2. The van der Waals surface area contributed by atoms with Gasteiger partial charge in [-0.3, -0.25) is 4.98 Å². The summed E-state index contributed by atoms with van der Waals surface area (Å²) in [5, 5.41) is 0. The van der Waals surface area contributed by atoms with Crippen molar-refractivity contribution in [2.24, 2.45) is 7.05 Å². The van der Waals surface area contributed by atoms with Crippen LogP contribution >= 0.6 is 12.4 Å². The molecule has 110 valence electrons. The maximum atomic E-state index is 5.44. The first-order valence-corrected chi connectivity index (χ1v) is 6.23. The van der Waals surface area contributed by atoms with Crippen LogP contribution in [0.15, 0.2) is 36.7 Å². The highest BCUT2D eigenvalue weighted by Crippen LogP contribution is 2.33. The SMILES string of the molecule is COc1ccc(-c2nc3cnccc3n2C)c(OC)c1.Cl. The highest BCUT2D eigenvalue weighted by Gasteiger charge is 2.14. The number of halogens is 1. The van der Waals surface area contributed by atoms with Gasteiger partial charge in [0.05, 0.1) is 31.5 Å². The third kappa shape index (κ3) is 2.52. The van der Waals surface area contributed by atoms with E-state index in [-0.39, 0.29) is 12.4 Å². The third-order valence-electron chi connectivity index (χ3n) is 3.33. The van der Waals surface area contributed by atoms with Gasteiger partial charge in [0.25, 0.3) is 0 Å². The zero-order valence-corrected chi connectivity index (χ0v) is 12.8. The van der Waals surface area contributed by atoms with E-state index in [4.69, 9.17) is 9.47 Å². The predicted molar refractivity (Wildman–Crippen MR) is 84.3 cm³/mol. The molecule has 0 amide bonds. The van der Waals surface area contributed by atoms with Crippen molar-refractivity contribution in [3.63, 3.8) is 0 Å². The number of benzene rings is 1. The fourth-order valence-electron chi connectivity index (χ4n) is 2.28. The molecule has 1 aromatic carbocycles. The molecule has 3 aromatic rings. The van der Waals surface area contributed by atoms with Crippen molar-refractivity contribution in [1.82, 2.24) is 14.5 Å². The van der Waals surface area contributed by atoms with Gasteiger partial charge in [0.1, 0.15) is 22.8 Å². The summed E-state index contributed by atoms with van der Waals surface area (Å²) in [5.74, 6) is 2.33. The lowest BCUT2D eigenvalue weighted by Crippen LogP contribution is -1.96. The topological polar surface area (TPSA) is 49.2 Å². The Morgan fingerprint density at radius 2 is 1.90 bits per heavy atom. The number of rotatable bonds is 3. The fourth-order valence-corrected chi connectivity index (χ4v) is 2.28. The number of pyridine rings is 1. The Labute approximate surface area is 129 Å². The van der Waals surface area contributed by atoms with E-state index >= 15 is 0 Å². The molecule has 2 heterocycles. The van der Waals surface area contributed by atoms with Crippen LogP contribution < -0.4 is 9.47 Å². The summed E-state index contributed by atoms with van der Waals surface area (Å²) >= 11 is 0. The van der Waals surface area contributed by atoms with Gasteiger partial charge in [-0.15, -0.1) is 12.4 Å². The van der Waals surface area contributed by atoms with Gasteiger partial charge < -0.3 is 14.0 Å². The van der Waals surface area contributed by atoms with E-state index in [1.54, 1.807) is 26.6 Å². The summed E-state index contributed by atoms with van der Waals surface area (Å²) in [5.41, 5.74) is 2.82. The molecular weight excluding hydrogens is 290 g/mol. The average molecular weight is 306 g/mol. The second-order valence-corrected chi connectivity index (χ2v) is 4.43. The summed E-state index contributed by atoms with van der Waals surface area (Å²) in [7, 11) is 5.26. The van der Waals surface area contributed by atoms with E-state index in [1.165, 1.54) is 0 Å². The molecule has 0 spiro atoms. The number of hydrogen-bond donors (Lipinski definition) is 0. The Morgan fingerprint density at radius 3 is 2.57 bits per heavy atom. The molecule has 3 rings (SSSR count). The molecule has 6 heteroatoms. The monoisotopic (exact) mass is 305 g/mol. The van der Waals surface area contributed by atoms with Crippen LogP contribution in [0.2, 0.25) is 0 Å². The molecule has 0 unspecified atom stereocenters. The predicted octanol–water partition coefficient (Wildman–Crippen LogP) is 3.07. The molecule has 0 fully saturated rings. The zero-order chi connectivity index (χ0) is 14.1. The van der Waals surface area contributed by atoms with Crippen LogP contribution in [-0.2, 0) is 7.05 Å². The van der Waals surface area contributed by atoms with Crippen LogP contribution in [0.25, 0.3) is 22.4 Å². The van der Waals surface area contributed by atoms with Gasteiger partial charge in [-0.2, -0.15) is 0 Å². The van der Waals surface area contributed by atoms with E-state index in [0.717, 1.165) is 33.9 Å². The minimum Gasteiger partial charge on any atom is -0.497 e. The second kappa shape index (κ2) is 6.01. The summed E-state index contributed by atoms with van der Waals surface area (Å²) in [6, 6.07) is 7.65. The van der Waals surface area contributed by atoms with Crippen LogP contribution in [0.4, 0.5) is 0 Å². The molecule has 0 saturated heterocycles. The first kappa shape index (κ1) is 15.1. The van der Waals surface area contributed by atoms with Gasteiger partial charge >= 0.3 is 0 Å². The zero-order valence-electron chi connectivity index (χ0n) is 12.0. The smallest absolute Gasteiger partial charge is 0.144 e. The number of aryl methyl sites for hydroxylation is 1. The first-order valence-electron chi connectivity index (χ1n) is 6.23. The van der Waals surface area contributed by atoms with E-state index in [1.807, 2.05) is 35.9 Å². The lowest BCUT2D eigenvalue weighted by molar-refractivity contribution is 0.395. The number of fused-ring (bicyclic) bond motifs is 1. The van der Waals surface area contributed by atoms with Gasteiger partial charge in [0.15, 0.2) is 0 Å². The van der Waals surface area contributed by atoms with Crippen molar-refractivity contribution in [1.29, 1.82) is 0 Å². The molecule has 2 aromatic heterocycles.